The number of hydrogen-bond donors (Lipinski definition) is 1. The lowest BCUT2D eigenvalue weighted by molar-refractivity contribution is 0.262. The van der Waals surface area contributed by atoms with Crippen molar-refractivity contribution in [2.75, 3.05) is 0 Å². The summed E-state index contributed by atoms with van der Waals surface area (Å²) >= 11 is 6.95. The van der Waals surface area contributed by atoms with E-state index >= 15 is 0 Å². The van der Waals surface area contributed by atoms with E-state index in [1.54, 1.807) is 0 Å². The van der Waals surface area contributed by atoms with Gasteiger partial charge >= 0.3 is 0 Å². The Kier molecular flexibility index (Phi) is 4.76. The van der Waals surface area contributed by atoms with Crippen molar-refractivity contribution in [1.29, 1.82) is 0 Å². The number of aromatic nitrogens is 3. The molecule has 1 heterocycles. The summed E-state index contributed by atoms with van der Waals surface area (Å²) < 4.78 is 3.92. The summed E-state index contributed by atoms with van der Waals surface area (Å²) in [7, 11) is 0. The van der Waals surface area contributed by atoms with Crippen LogP contribution in [0.5, 0.6) is 0 Å². The summed E-state index contributed by atoms with van der Waals surface area (Å²) in [6.07, 6.45) is 0. The predicted octanol–water partition coefficient (Wildman–Crippen LogP) is 3.62. The fraction of sp³-hybridized carbons (Fsp3) is 0.385. The second-order valence-corrected chi connectivity index (χ2v) is 6.59. The van der Waals surface area contributed by atoms with E-state index in [2.05, 4.69) is 55.9 Å². The molecule has 0 spiro atoms. The second-order valence-electron chi connectivity index (χ2n) is 4.76. The second kappa shape index (κ2) is 6.15. The molecule has 1 aromatic heterocycles. The van der Waals surface area contributed by atoms with E-state index in [0.717, 1.165) is 26.9 Å². The smallest absolute Gasteiger partial charge is 0.164 e. The van der Waals surface area contributed by atoms with Gasteiger partial charge in [0.1, 0.15) is 6.61 Å². The van der Waals surface area contributed by atoms with E-state index in [1.807, 2.05) is 22.8 Å². The highest BCUT2D eigenvalue weighted by Crippen LogP contribution is 2.27. The summed E-state index contributed by atoms with van der Waals surface area (Å²) in [5, 5.41) is 17.6. The molecule has 0 saturated carbocycles. The first kappa shape index (κ1) is 14.7. The molecule has 0 unspecified atom stereocenters. The zero-order valence-corrected chi connectivity index (χ0v) is 13.9. The lowest BCUT2D eigenvalue weighted by Crippen LogP contribution is -2.10. The van der Waals surface area contributed by atoms with Crippen molar-refractivity contribution < 1.29 is 5.11 Å². The van der Waals surface area contributed by atoms with Crippen LogP contribution >= 0.6 is 31.9 Å². The molecular weight excluding hydrogens is 374 g/mol. The molecule has 0 aliphatic rings. The Hall–Kier alpha value is -0.720. The van der Waals surface area contributed by atoms with Crippen molar-refractivity contribution in [1.82, 2.24) is 14.8 Å². The Bertz CT molecular complexity index is 561. The number of hydrogen-bond acceptors (Lipinski definition) is 3. The van der Waals surface area contributed by atoms with Crippen LogP contribution in [0.1, 0.15) is 19.7 Å². The highest BCUT2D eigenvalue weighted by molar-refractivity contribution is 9.11. The molecule has 0 aliphatic carbocycles. The summed E-state index contributed by atoms with van der Waals surface area (Å²) in [4.78, 5) is 0. The average molecular weight is 389 g/mol. The number of nitrogens with zero attached hydrogens (tertiary/aromatic N) is 3. The number of aliphatic hydroxyl groups excluding tert-OH is 1. The zero-order valence-electron chi connectivity index (χ0n) is 10.8. The van der Waals surface area contributed by atoms with Crippen molar-refractivity contribution in [3.8, 4) is 11.4 Å². The van der Waals surface area contributed by atoms with Crippen molar-refractivity contribution in [3.05, 3.63) is 33.0 Å². The van der Waals surface area contributed by atoms with E-state index in [4.69, 9.17) is 0 Å². The predicted molar refractivity (Wildman–Crippen MR) is 81.6 cm³/mol. The van der Waals surface area contributed by atoms with Gasteiger partial charge in [-0.3, -0.25) is 0 Å². The van der Waals surface area contributed by atoms with Crippen LogP contribution in [-0.4, -0.2) is 19.9 Å². The third-order valence-electron chi connectivity index (χ3n) is 2.64. The van der Waals surface area contributed by atoms with Crippen molar-refractivity contribution in [3.63, 3.8) is 0 Å². The molecule has 1 aromatic carbocycles. The molecule has 19 heavy (non-hydrogen) atoms. The van der Waals surface area contributed by atoms with E-state index in [1.165, 1.54) is 0 Å². The van der Waals surface area contributed by atoms with Crippen molar-refractivity contribution >= 4 is 31.9 Å². The van der Waals surface area contributed by atoms with E-state index in [-0.39, 0.29) is 6.61 Å². The van der Waals surface area contributed by atoms with Crippen LogP contribution in [0.25, 0.3) is 11.4 Å². The standard InChI is InChI=1S/C13H15Br2N3O/c1-8(2)6-18-12(7-19)16-17-13(18)9-3-10(14)5-11(15)4-9/h3-5,8,19H,6-7H2,1-2H3. The van der Waals surface area contributed by atoms with Gasteiger partial charge in [-0.1, -0.05) is 45.7 Å². The molecule has 1 N–H and O–H groups in total. The third-order valence-corrected chi connectivity index (χ3v) is 3.55. The average Bonchev–Trinajstić information content (AvgIpc) is 2.69. The largest absolute Gasteiger partial charge is 0.388 e. The van der Waals surface area contributed by atoms with Crippen LogP contribution in [-0.2, 0) is 13.2 Å². The maximum absolute atomic E-state index is 9.36. The molecule has 6 heteroatoms. The maximum Gasteiger partial charge on any atom is 0.164 e. The minimum Gasteiger partial charge on any atom is -0.388 e. The lowest BCUT2D eigenvalue weighted by Gasteiger charge is -2.12. The SMILES string of the molecule is CC(C)Cn1c(CO)nnc1-c1cc(Br)cc(Br)c1. The van der Waals surface area contributed by atoms with Gasteiger partial charge in [0, 0.05) is 21.1 Å². The summed E-state index contributed by atoms with van der Waals surface area (Å²) in [5.41, 5.74) is 0.967. The van der Waals surface area contributed by atoms with Crippen LogP contribution < -0.4 is 0 Å². The van der Waals surface area contributed by atoms with Gasteiger partial charge in [0.05, 0.1) is 0 Å². The highest BCUT2D eigenvalue weighted by atomic mass is 79.9. The van der Waals surface area contributed by atoms with Crippen LogP contribution in [0.3, 0.4) is 0 Å². The first-order chi connectivity index (χ1) is 9.01. The summed E-state index contributed by atoms with van der Waals surface area (Å²) in [5.74, 6) is 1.83. The number of benzene rings is 1. The Balaban J connectivity index is 2.51. The zero-order chi connectivity index (χ0) is 14.0. The molecule has 0 fully saturated rings. The van der Waals surface area contributed by atoms with Gasteiger partial charge in [-0.2, -0.15) is 0 Å². The molecule has 2 rings (SSSR count). The van der Waals surface area contributed by atoms with Crippen LogP contribution in [0.15, 0.2) is 27.1 Å². The molecule has 0 aliphatic heterocycles. The first-order valence-corrected chi connectivity index (χ1v) is 7.59. The minimum atomic E-state index is -0.102. The van der Waals surface area contributed by atoms with Gasteiger partial charge in [-0.25, -0.2) is 0 Å². The Labute approximate surface area is 129 Å². The summed E-state index contributed by atoms with van der Waals surface area (Å²) in [6.45, 7) is 4.93. The molecule has 4 nitrogen and oxygen atoms in total. The highest BCUT2D eigenvalue weighted by Gasteiger charge is 2.15. The first-order valence-electron chi connectivity index (χ1n) is 6.00. The third kappa shape index (κ3) is 3.43. The molecule has 0 amide bonds. The molecule has 0 atom stereocenters. The van der Waals surface area contributed by atoms with E-state index in [9.17, 15) is 5.11 Å². The number of halogens is 2. The topological polar surface area (TPSA) is 50.9 Å². The molecular formula is C13H15Br2N3O. The number of rotatable bonds is 4. The fourth-order valence-electron chi connectivity index (χ4n) is 1.91. The Morgan fingerprint density at radius 3 is 2.32 bits per heavy atom. The monoisotopic (exact) mass is 387 g/mol. The van der Waals surface area contributed by atoms with E-state index < -0.39 is 0 Å². The maximum atomic E-state index is 9.36. The molecule has 0 saturated heterocycles. The van der Waals surface area contributed by atoms with Crippen molar-refractivity contribution in [2.24, 2.45) is 5.92 Å². The molecule has 0 bridgehead atoms. The molecule has 102 valence electrons. The quantitative estimate of drug-likeness (QED) is 0.870. The minimum absolute atomic E-state index is 0.102. The van der Waals surface area contributed by atoms with Gasteiger partial charge in [0.2, 0.25) is 0 Å². The van der Waals surface area contributed by atoms with Crippen LogP contribution in [0.2, 0.25) is 0 Å². The fourth-order valence-corrected chi connectivity index (χ4v) is 3.20. The van der Waals surface area contributed by atoms with Crippen LogP contribution in [0.4, 0.5) is 0 Å². The Morgan fingerprint density at radius 1 is 1.16 bits per heavy atom. The van der Waals surface area contributed by atoms with Gasteiger partial charge in [0.15, 0.2) is 11.6 Å². The van der Waals surface area contributed by atoms with Gasteiger partial charge in [-0.15, -0.1) is 10.2 Å². The Morgan fingerprint density at radius 2 is 1.79 bits per heavy atom. The van der Waals surface area contributed by atoms with Gasteiger partial charge in [-0.05, 0) is 24.1 Å². The van der Waals surface area contributed by atoms with Crippen LogP contribution in [0, 0.1) is 5.92 Å². The normalized spacial score (nSPS) is 11.3. The van der Waals surface area contributed by atoms with Gasteiger partial charge in [0.25, 0.3) is 0 Å². The molecule has 2 aromatic rings. The van der Waals surface area contributed by atoms with Gasteiger partial charge < -0.3 is 9.67 Å². The number of aliphatic hydroxyl groups is 1. The lowest BCUT2D eigenvalue weighted by atomic mass is 10.2. The van der Waals surface area contributed by atoms with E-state index in [0.29, 0.717) is 11.7 Å². The summed E-state index contributed by atoms with van der Waals surface area (Å²) in [6, 6.07) is 5.96. The van der Waals surface area contributed by atoms with Crippen molar-refractivity contribution in [2.45, 2.75) is 27.0 Å². The molecule has 0 radical (unpaired) electrons.